The lowest BCUT2D eigenvalue weighted by molar-refractivity contribution is -0.384. The first-order valence-electron chi connectivity index (χ1n) is 9.36. The summed E-state index contributed by atoms with van der Waals surface area (Å²) in [5.74, 6) is -0.357. The molecule has 0 bridgehead atoms. The lowest BCUT2D eigenvalue weighted by atomic mass is 9.84. The molecule has 148 valence electrons. The van der Waals surface area contributed by atoms with E-state index in [-0.39, 0.29) is 17.3 Å². The summed E-state index contributed by atoms with van der Waals surface area (Å²) in [6.07, 6.45) is 2.17. The zero-order valence-electron chi connectivity index (χ0n) is 15.5. The van der Waals surface area contributed by atoms with E-state index < -0.39 is 10.5 Å². The van der Waals surface area contributed by atoms with Gasteiger partial charge in [0.1, 0.15) is 5.82 Å². The van der Waals surface area contributed by atoms with Crippen LogP contribution in [0.2, 0.25) is 0 Å². The molecule has 0 unspecified atom stereocenters. The van der Waals surface area contributed by atoms with Crippen molar-refractivity contribution in [2.24, 2.45) is 0 Å². The number of nitrogens with zero attached hydrogens (tertiary/aromatic N) is 2. The van der Waals surface area contributed by atoms with Crippen LogP contribution in [-0.2, 0) is 5.60 Å². The van der Waals surface area contributed by atoms with E-state index in [1.165, 1.54) is 36.4 Å². The Hall–Kier alpha value is -2.64. The Labute approximate surface area is 162 Å². The van der Waals surface area contributed by atoms with Crippen molar-refractivity contribution < 1.29 is 19.2 Å². The summed E-state index contributed by atoms with van der Waals surface area (Å²) in [4.78, 5) is 24.6. The van der Waals surface area contributed by atoms with Crippen molar-refractivity contribution in [3.8, 4) is 0 Å². The fourth-order valence-electron chi connectivity index (χ4n) is 3.57. The largest absolute Gasteiger partial charge is 0.385 e. The number of non-ortho nitro benzene ring substituents is 1. The lowest BCUT2D eigenvalue weighted by Gasteiger charge is -2.38. The van der Waals surface area contributed by atoms with E-state index in [0.717, 1.165) is 6.54 Å². The predicted octanol–water partition coefficient (Wildman–Crippen LogP) is 3.68. The highest BCUT2D eigenvalue weighted by molar-refractivity contribution is 5.95. The molecule has 2 aromatic rings. The van der Waals surface area contributed by atoms with Gasteiger partial charge in [-0.15, -0.1) is 0 Å². The van der Waals surface area contributed by atoms with Gasteiger partial charge in [-0.3, -0.25) is 14.9 Å². The van der Waals surface area contributed by atoms with Gasteiger partial charge in [-0.05, 0) is 67.8 Å². The van der Waals surface area contributed by atoms with E-state index in [0.29, 0.717) is 49.9 Å². The monoisotopic (exact) mass is 386 g/mol. The molecule has 1 aliphatic rings. The van der Waals surface area contributed by atoms with E-state index >= 15 is 0 Å². The highest BCUT2D eigenvalue weighted by atomic mass is 19.1. The molecule has 0 aliphatic carbocycles. The minimum Gasteiger partial charge on any atom is -0.385 e. The number of Topliss-reactive ketones (excluding diaryl/α,β-unsaturated/α-hetero) is 1. The second-order valence-electron chi connectivity index (χ2n) is 7.21. The Bertz CT molecular complexity index is 828. The van der Waals surface area contributed by atoms with Crippen LogP contribution in [0.1, 0.15) is 41.6 Å². The summed E-state index contributed by atoms with van der Waals surface area (Å²) < 4.78 is 12.9. The van der Waals surface area contributed by atoms with Crippen LogP contribution >= 0.6 is 0 Å². The quantitative estimate of drug-likeness (QED) is 0.446. The van der Waals surface area contributed by atoms with Crippen molar-refractivity contribution in [2.75, 3.05) is 19.6 Å². The highest BCUT2D eigenvalue weighted by Gasteiger charge is 2.34. The van der Waals surface area contributed by atoms with E-state index in [9.17, 15) is 24.4 Å². The first-order valence-corrected chi connectivity index (χ1v) is 9.36. The SMILES string of the molecule is O=C(CCCN1CCC(O)(c2ccc([N+](=O)[O-])cc2)CC1)c1ccc(F)cc1. The second kappa shape index (κ2) is 8.58. The van der Waals surface area contributed by atoms with Crippen LogP contribution in [0.25, 0.3) is 0 Å². The van der Waals surface area contributed by atoms with Gasteiger partial charge in [-0.1, -0.05) is 0 Å². The molecule has 1 aliphatic heterocycles. The number of likely N-dealkylation sites (tertiary alicyclic amines) is 1. The van der Waals surface area contributed by atoms with Crippen LogP contribution in [-0.4, -0.2) is 40.3 Å². The molecule has 1 N–H and O–H groups in total. The molecule has 7 heteroatoms. The summed E-state index contributed by atoms with van der Waals surface area (Å²) in [5, 5.41) is 21.7. The Morgan fingerprint density at radius 1 is 1.11 bits per heavy atom. The van der Waals surface area contributed by atoms with Crippen molar-refractivity contribution in [1.29, 1.82) is 0 Å². The van der Waals surface area contributed by atoms with Crippen LogP contribution in [0.15, 0.2) is 48.5 Å². The van der Waals surface area contributed by atoms with Gasteiger partial charge in [0.15, 0.2) is 5.78 Å². The third-order valence-corrected chi connectivity index (χ3v) is 5.34. The van der Waals surface area contributed by atoms with E-state index in [4.69, 9.17) is 0 Å². The molecule has 0 amide bonds. The van der Waals surface area contributed by atoms with Crippen molar-refractivity contribution >= 4 is 11.5 Å². The maximum absolute atomic E-state index is 12.9. The number of nitro groups is 1. The number of carbonyl (C=O) groups excluding carboxylic acids is 1. The van der Waals surface area contributed by atoms with Gasteiger partial charge < -0.3 is 10.0 Å². The van der Waals surface area contributed by atoms with Crippen molar-refractivity contribution in [3.63, 3.8) is 0 Å². The summed E-state index contributed by atoms with van der Waals surface area (Å²) in [6, 6.07) is 11.7. The molecule has 1 fully saturated rings. The first kappa shape index (κ1) is 20.1. The number of carbonyl (C=O) groups is 1. The number of piperidine rings is 1. The highest BCUT2D eigenvalue weighted by Crippen LogP contribution is 2.33. The standard InChI is InChI=1S/C21H23FN2O4/c22-18-7-3-16(4-8-18)20(25)2-1-13-23-14-11-21(26,12-15-23)17-5-9-19(10-6-17)24(27)28/h3-10,26H,1-2,11-15H2. The molecule has 0 atom stereocenters. The third kappa shape index (κ3) is 4.79. The Morgan fingerprint density at radius 3 is 2.29 bits per heavy atom. The normalized spacial score (nSPS) is 16.6. The molecule has 2 aromatic carbocycles. The molecule has 0 aromatic heterocycles. The van der Waals surface area contributed by atoms with Crippen LogP contribution < -0.4 is 0 Å². The number of rotatable bonds is 7. The maximum Gasteiger partial charge on any atom is 0.269 e. The van der Waals surface area contributed by atoms with Gasteiger partial charge in [-0.25, -0.2) is 4.39 Å². The molecular weight excluding hydrogens is 363 g/mol. The number of halogens is 1. The van der Waals surface area contributed by atoms with Gasteiger partial charge in [0.05, 0.1) is 10.5 Å². The first-order chi connectivity index (χ1) is 13.4. The van der Waals surface area contributed by atoms with Crippen molar-refractivity contribution in [2.45, 2.75) is 31.3 Å². The van der Waals surface area contributed by atoms with Crippen LogP contribution in [0.3, 0.4) is 0 Å². The van der Waals surface area contributed by atoms with Crippen LogP contribution in [0, 0.1) is 15.9 Å². The minimum atomic E-state index is -0.977. The van der Waals surface area contributed by atoms with Crippen molar-refractivity contribution in [1.82, 2.24) is 4.90 Å². The Balaban J connectivity index is 1.46. The lowest BCUT2D eigenvalue weighted by Crippen LogP contribution is -2.42. The number of nitro benzene ring substituents is 1. The molecule has 6 nitrogen and oxygen atoms in total. The Morgan fingerprint density at radius 2 is 1.71 bits per heavy atom. The topological polar surface area (TPSA) is 83.7 Å². The Kier molecular flexibility index (Phi) is 6.16. The zero-order chi connectivity index (χ0) is 20.1. The average molecular weight is 386 g/mol. The predicted molar refractivity (Wildman–Crippen MR) is 103 cm³/mol. The van der Waals surface area contributed by atoms with Gasteiger partial charge in [0, 0.05) is 37.2 Å². The molecule has 3 rings (SSSR count). The van der Waals surface area contributed by atoms with Gasteiger partial charge in [0.2, 0.25) is 0 Å². The van der Waals surface area contributed by atoms with Gasteiger partial charge in [-0.2, -0.15) is 0 Å². The van der Waals surface area contributed by atoms with E-state index in [1.807, 2.05) is 0 Å². The summed E-state index contributed by atoms with van der Waals surface area (Å²) in [5.41, 5.74) is 0.252. The fourth-order valence-corrected chi connectivity index (χ4v) is 3.57. The van der Waals surface area contributed by atoms with E-state index in [2.05, 4.69) is 4.90 Å². The molecular formula is C21H23FN2O4. The van der Waals surface area contributed by atoms with Gasteiger partial charge >= 0.3 is 0 Å². The summed E-state index contributed by atoms with van der Waals surface area (Å²) in [7, 11) is 0. The number of benzene rings is 2. The molecule has 28 heavy (non-hydrogen) atoms. The molecule has 0 radical (unpaired) electrons. The van der Waals surface area contributed by atoms with Crippen LogP contribution in [0.4, 0.5) is 10.1 Å². The summed E-state index contributed by atoms with van der Waals surface area (Å²) >= 11 is 0. The number of ketones is 1. The molecule has 1 saturated heterocycles. The molecule has 0 saturated carbocycles. The number of hydrogen-bond acceptors (Lipinski definition) is 5. The smallest absolute Gasteiger partial charge is 0.269 e. The van der Waals surface area contributed by atoms with E-state index in [1.54, 1.807) is 12.1 Å². The molecule has 1 heterocycles. The summed E-state index contributed by atoms with van der Waals surface area (Å²) in [6.45, 7) is 2.14. The maximum atomic E-state index is 12.9. The molecule has 0 spiro atoms. The number of aliphatic hydroxyl groups is 1. The van der Waals surface area contributed by atoms with Gasteiger partial charge in [0.25, 0.3) is 5.69 Å². The minimum absolute atomic E-state index is 0.000561. The fraction of sp³-hybridized carbons (Fsp3) is 0.381. The zero-order valence-corrected chi connectivity index (χ0v) is 15.5. The van der Waals surface area contributed by atoms with Crippen LogP contribution in [0.5, 0.6) is 0 Å². The third-order valence-electron chi connectivity index (χ3n) is 5.34. The number of hydrogen-bond donors (Lipinski definition) is 1. The second-order valence-corrected chi connectivity index (χ2v) is 7.21. The van der Waals surface area contributed by atoms with Crippen molar-refractivity contribution in [3.05, 3.63) is 75.6 Å². The average Bonchev–Trinajstić information content (AvgIpc) is 2.70.